The largest absolute Gasteiger partial charge is 0.308 e. The van der Waals surface area contributed by atoms with Crippen molar-refractivity contribution in [3.05, 3.63) is 29.6 Å². The number of nitrogens with one attached hydrogen (secondary N) is 1. The molecule has 1 fully saturated rings. The lowest BCUT2D eigenvalue weighted by atomic mass is 10.0. The third kappa shape index (κ3) is 2.53. The maximum absolute atomic E-state index is 13.9. The van der Waals surface area contributed by atoms with Gasteiger partial charge in [0.25, 0.3) is 0 Å². The van der Waals surface area contributed by atoms with Crippen LogP contribution in [0.3, 0.4) is 0 Å². The first-order valence-electron chi connectivity index (χ1n) is 6.44. The van der Waals surface area contributed by atoms with Crippen LogP contribution >= 0.6 is 0 Å². The first-order chi connectivity index (χ1) is 8.63. The molecule has 0 aromatic heterocycles. The average molecular weight is 250 g/mol. The molecule has 1 amide bonds. The molecule has 1 aromatic rings. The number of anilines is 1. The van der Waals surface area contributed by atoms with E-state index in [1.165, 1.54) is 6.07 Å². The number of hydrogen-bond donors (Lipinski definition) is 1. The summed E-state index contributed by atoms with van der Waals surface area (Å²) in [5.74, 6) is -0.341. The molecule has 0 spiro atoms. The highest BCUT2D eigenvalue weighted by Gasteiger charge is 2.30. The Hall–Kier alpha value is -1.42. The first-order valence-corrected chi connectivity index (χ1v) is 6.44. The number of rotatable bonds is 3. The highest BCUT2D eigenvalue weighted by molar-refractivity contribution is 5.98. The fourth-order valence-electron chi connectivity index (χ4n) is 2.38. The number of likely N-dealkylation sites (N-methyl/N-ethyl adjacent to an activating group) is 1. The van der Waals surface area contributed by atoms with Crippen molar-refractivity contribution < 1.29 is 9.18 Å². The summed E-state index contributed by atoms with van der Waals surface area (Å²) in [5.41, 5.74) is 1.26. The molecule has 2 rings (SSSR count). The van der Waals surface area contributed by atoms with E-state index in [1.54, 1.807) is 11.0 Å². The molecule has 1 aliphatic heterocycles. The van der Waals surface area contributed by atoms with Gasteiger partial charge in [-0.2, -0.15) is 0 Å². The zero-order chi connectivity index (χ0) is 13.1. The Kier molecular flexibility index (Phi) is 3.97. The van der Waals surface area contributed by atoms with Gasteiger partial charge in [-0.25, -0.2) is 4.39 Å². The molecule has 4 heteroatoms. The van der Waals surface area contributed by atoms with Crippen LogP contribution in [0.1, 0.15) is 25.3 Å². The predicted octanol–water partition coefficient (Wildman–Crippen LogP) is 2.24. The lowest BCUT2D eigenvalue weighted by Gasteiger charge is -2.32. The molecule has 98 valence electrons. The molecule has 18 heavy (non-hydrogen) atoms. The van der Waals surface area contributed by atoms with Gasteiger partial charge >= 0.3 is 0 Å². The number of carbonyl (C=O) groups is 1. The highest BCUT2D eigenvalue weighted by atomic mass is 19.1. The SMILES string of the molecule is CCNC1CCCN(c2ccc(C)cc2F)C1=O. The smallest absolute Gasteiger partial charge is 0.244 e. The number of piperidine rings is 1. The second kappa shape index (κ2) is 5.48. The average Bonchev–Trinajstić information content (AvgIpc) is 2.33. The fourth-order valence-corrected chi connectivity index (χ4v) is 2.38. The van der Waals surface area contributed by atoms with Gasteiger partial charge < -0.3 is 10.2 Å². The van der Waals surface area contributed by atoms with Gasteiger partial charge in [0.15, 0.2) is 0 Å². The number of hydrogen-bond acceptors (Lipinski definition) is 2. The summed E-state index contributed by atoms with van der Waals surface area (Å²) in [6.45, 7) is 5.16. The Morgan fingerprint density at radius 3 is 2.94 bits per heavy atom. The van der Waals surface area contributed by atoms with Gasteiger partial charge in [0.1, 0.15) is 5.82 Å². The summed E-state index contributed by atoms with van der Waals surface area (Å²) in [5, 5.41) is 3.15. The van der Waals surface area contributed by atoms with Crippen LogP contribution in [0.4, 0.5) is 10.1 Å². The molecule has 1 N–H and O–H groups in total. The van der Waals surface area contributed by atoms with E-state index in [4.69, 9.17) is 0 Å². The number of benzene rings is 1. The summed E-state index contributed by atoms with van der Waals surface area (Å²) < 4.78 is 13.9. The molecule has 0 saturated carbocycles. The summed E-state index contributed by atoms with van der Waals surface area (Å²) in [6.07, 6.45) is 1.73. The van der Waals surface area contributed by atoms with Gasteiger partial charge in [-0.15, -0.1) is 0 Å². The Morgan fingerprint density at radius 2 is 2.28 bits per heavy atom. The fraction of sp³-hybridized carbons (Fsp3) is 0.500. The van der Waals surface area contributed by atoms with E-state index in [0.29, 0.717) is 12.2 Å². The van der Waals surface area contributed by atoms with E-state index < -0.39 is 0 Å². The molecule has 0 radical (unpaired) electrons. The van der Waals surface area contributed by atoms with Crippen LogP contribution in [-0.2, 0) is 4.79 Å². The lowest BCUT2D eigenvalue weighted by molar-refractivity contribution is -0.121. The van der Waals surface area contributed by atoms with Gasteiger partial charge in [0.2, 0.25) is 5.91 Å². The maximum atomic E-state index is 13.9. The van der Waals surface area contributed by atoms with E-state index in [9.17, 15) is 9.18 Å². The van der Waals surface area contributed by atoms with Crippen LogP contribution in [0.25, 0.3) is 0 Å². The van der Waals surface area contributed by atoms with Gasteiger partial charge in [-0.3, -0.25) is 4.79 Å². The van der Waals surface area contributed by atoms with Crippen molar-refractivity contribution in [2.24, 2.45) is 0 Å². The zero-order valence-electron chi connectivity index (χ0n) is 10.9. The summed E-state index contributed by atoms with van der Waals surface area (Å²) in [7, 11) is 0. The van der Waals surface area contributed by atoms with Crippen molar-refractivity contribution in [2.45, 2.75) is 32.7 Å². The normalized spacial score (nSPS) is 20.3. The second-order valence-corrected chi connectivity index (χ2v) is 4.70. The Bertz CT molecular complexity index is 445. The van der Waals surface area contributed by atoms with Crippen LogP contribution < -0.4 is 10.2 Å². The van der Waals surface area contributed by atoms with E-state index >= 15 is 0 Å². The summed E-state index contributed by atoms with van der Waals surface area (Å²) in [4.78, 5) is 13.8. The molecule has 1 aromatic carbocycles. The second-order valence-electron chi connectivity index (χ2n) is 4.70. The van der Waals surface area contributed by atoms with Gasteiger partial charge in [0.05, 0.1) is 11.7 Å². The topological polar surface area (TPSA) is 32.3 Å². The molecule has 1 unspecified atom stereocenters. The van der Waals surface area contributed by atoms with Crippen LogP contribution in [-0.4, -0.2) is 25.0 Å². The lowest BCUT2D eigenvalue weighted by Crippen LogP contribution is -2.51. The van der Waals surface area contributed by atoms with E-state index in [0.717, 1.165) is 24.9 Å². The van der Waals surface area contributed by atoms with Crippen molar-refractivity contribution >= 4 is 11.6 Å². The minimum atomic E-state index is -0.319. The van der Waals surface area contributed by atoms with Crippen molar-refractivity contribution in [2.75, 3.05) is 18.0 Å². The number of nitrogens with zero attached hydrogens (tertiary/aromatic N) is 1. The monoisotopic (exact) mass is 250 g/mol. The third-order valence-electron chi connectivity index (χ3n) is 3.28. The predicted molar refractivity (Wildman–Crippen MR) is 70.2 cm³/mol. The Morgan fingerprint density at radius 1 is 1.50 bits per heavy atom. The van der Waals surface area contributed by atoms with Crippen LogP contribution in [0.2, 0.25) is 0 Å². The van der Waals surface area contributed by atoms with Gasteiger partial charge in [-0.1, -0.05) is 13.0 Å². The molecule has 1 atom stereocenters. The maximum Gasteiger partial charge on any atom is 0.244 e. The summed E-state index contributed by atoms with van der Waals surface area (Å²) >= 11 is 0. The van der Waals surface area contributed by atoms with Crippen molar-refractivity contribution in [1.29, 1.82) is 0 Å². The number of carbonyl (C=O) groups excluding carboxylic acids is 1. The van der Waals surface area contributed by atoms with Crippen molar-refractivity contribution in [3.63, 3.8) is 0 Å². The van der Waals surface area contributed by atoms with E-state index in [2.05, 4.69) is 5.32 Å². The minimum Gasteiger partial charge on any atom is -0.308 e. The molecule has 3 nitrogen and oxygen atoms in total. The van der Waals surface area contributed by atoms with Crippen molar-refractivity contribution in [1.82, 2.24) is 5.32 Å². The molecule has 1 heterocycles. The number of halogens is 1. The summed E-state index contributed by atoms with van der Waals surface area (Å²) in [6, 6.07) is 4.82. The Labute approximate surface area is 107 Å². The molecule has 0 bridgehead atoms. The third-order valence-corrected chi connectivity index (χ3v) is 3.28. The Balaban J connectivity index is 2.24. The molecular weight excluding hydrogens is 231 g/mol. The molecule has 1 saturated heterocycles. The molecular formula is C14H19FN2O. The number of aryl methyl sites for hydroxylation is 1. The van der Waals surface area contributed by atoms with Crippen LogP contribution in [0.15, 0.2) is 18.2 Å². The molecule has 0 aliphatic carbocycles. The first kappa shape index (κ1) is 13.0. The zero-order valence-corrected chi connectivity index (χ0v) is 10.9. The van der Waals surface area contributed by atoms with Crippen molar-refractivity contribution in [3.8, 4) is 0 Å². The highest BCUT2D eigenvalue weighted by Crippen LogP contribution is 2.24. The van der Waals surface area contributed by atoms with Crippen LogP contribution in [0.5, 0.6) is 0 Å². The number of amides is 1. The van der Waals surface area contributed by atoms with E-state index in [1.807, 2.05) is 19.9 Å². The minimum absolute atomic E-state index is 0.0224. The standard InChI is InChI=1S/C14H19FN2O/c1-3-16-12-5-4-8-17(14(12)18)13-7-6-10(2)9-11(13)15/h6-7,9,12,16H,3-5,8H2,1-2H3. The van der Waals surface area contributed by atoms with Gasteiger partial charge in [-0.05, 0) is 44.0 Å². The van der Waals surface area contributed by atoms with Crippen LogP contribution in [0, 0.1) is 12.7 Å². The van der Waals surface area contributed by atoms with E-state index in [-0.39, 0.29) is 17.8 Å². The van der Waals surface area contributed by atoms with Gasteiger partial charge in [0, 0.05) is 6.54 Å². The quantitative estimate of drug-likeness (QED) is 0.892. The molecule has 1 aliphatic rings.